The zero-order valence-corrected chi connectivity index (χ0v) is 13.2. The first-order chi connectivity index (χ1) is 9.18. The number of nitrogens with one attached hydrogen (secondary N) is 1. The van der Waals surface area contributed by atoms with E-state index in [1.54, 1.807) is 18.2 Å². The van der Waals surface area contributed by atoms with Crippen LogP contribution >= 0.6 is 35.6 Å². The van der Waals surface area contributed by atoms with Gasteiger partial charge in [0.1, 0.15) is 10.8 Å². The third-order valence-corrected chi connectivity index (χ3v) is 3.76. The molecule has 1 amide bonds. The number of carbonyl (C=O) groups excluding carboxylic acids is 1. The highest BCUT2D eigenvalue weighted by atomic mass is 35.5. The Kier molecular flexibility index (Phi) is 7.45. The molecule has 0 radical (unpaired) electrons. The van der Waals surface area contributed by atoms with Crippen LogP contribution < -0.4 is 10.1 Å². The Labute approximate surface area is 134 Å². The Morgan fingerprint density at radius 2 is 2.00 bits per heavy atom. The fourth-order valence-corrected chi connectivity index (χ4v) is 2.26. The van der Waals surface area contributed by atoms with E-state index in [9.17, 15) is 4.79 Å². The molecule has 1 aliphatic heterocycles. The highest BCUT2D eigenvalue weighted by Gasteiger charge is 2.16. The van der Waals surface area contributed by atoms with Crippen molar-refractivity contribution in [3.63, 3.8) is 0 Å². The zero-order chi connectivity index (χ0) is 13.7. The van der Waals surface area contributed by atoms with E-state index in [0.717, 1.165) is 26.2 Å². The number of benzene rings is 1. The van der Waals surface area contributed by atoms with E-state index in [4.69, 9.17) is 27.9 Å². The first-order valence-corrected chi connectivity index (χ1v) is 6.99. The molecule has 7 heteroatoms. The molecule has 1 aromatic rings. The number of carbonyl (C=O) groups is 1. The molecule has 1 aliphatic rings. The van der Waals surface area contributed by atoms with Gasteiger partial charge >= 0.3 is 0 Å². The number of amides is 1. The van der Waals surface area contributed by atoms with E-state index in [2.05, 4.69) is 5.32 Å². The van der Waals surface area contributed by atoms with Gasteiger partial charge in [0.25, 0.3) is 0 Å². The minimum atomic E-state index is 0. The van der Waals surface area contributed by atoms with Gasteiger partial charge in [-0.1, -0.05) is 29.3 Å². The average Bonchev–Trinajstić information content (AvgIpc) is 2.44. The summed E-state index contributed by atoms with van der Waals surface area (Å²) in [6.45, 7) is 3.54. The highest BCUT2D eigenvalue weighted by Crippen LogP contribution is 2.31. The van der Waals surface area contributed by atoms with Crippen molar-refractivity contribution in [3.05, 3.63) is 28.2 Å². The van der Waals surface area contributed by atoms with E-state index in [1.807, 2.05) is 4.90 Å². The maximum absolute atomic E-state index is 11.9. The van der Waals surface area contributed by atoms with Crippen LogP contribution in [0.25, 0.3) is 0 Å². The SMILES string of the molecule is Cl.O=C(CCOc1cccc(Cl)c1Cl)N1CCNCC1. The van der Waals surface area contributed by atoms with Crippen molar-refractivity contribution in [1.29, 1.82) is 0 Å². The van der Waals surface area contributed by atoms with Gasteiger partial charge in [0.2, 0.25) is 5.91 Å². The summed E-state index contributed by atoms with van der Waals surface area (Å²) in [6.07, 6.45) is 0.350. The predicted octanol–water partition coefficient (Wildman–Crippen LogP) is 2.62. The van der Waals surface area contributed by atoms with Crippen molar-refractivity contribution in [1.82, 2.24) is 10.2 Å². The molecule has 1 N–H and O–H groups in total. The van der Waals surface area contributed by atoms with Crippen LogP contribution in [0.1, 0.15) is 6.42 Å². The van der Waals surface area contributed by atoms with Gasteiger partial charge in [-0.05, 0) is 12.1 Å². The van der Waals surface area contributed by atoms with Crippen molar-refractivity contribution in [2.75, 3.05) is 32.8 Å². The Morgan fingerprint density at radius 1 is 1.30 bits per heavy atom. The Bertz CT molecular complexity index is 451. The van der Waals surface area contributed by atoms with Gasteiger partial charge in [-0.25, -0.2) is 0 Å². The monoisotopic (exact) mass is 338 g/mol. The van der Waals surface area contributed by atoms with Crippen molar-refractivity contribution in [3.8, 4) is 5.75 Å². The molecule has 0 unspecified atom stereocenters. The summed E-state index contributed by atoms with van der Waals surface area (Å²) in [4.78, 5) is 13.7. The summed E-state index contributed by atoms with van der Waals surface area (Å²) < 4.78 is 5.50. The van der Waals surface area contributed by atoms with E-state index in [0.29, 0.717) is 28.8 Å². The summed E-state index contributed by atoms with van der Waals surface area (Å²) in [6, 6.07) is 5.20. The van der Waals surface area contributed by atoms with Gasteiger partial charge in [0.05, 0.1) is 18.1 Å². The van der Waals surface area contributed by atoms with E-state index >= 15 is 0 Å². The van der Waals surface area contributed by atoms with Crippen LogP contribution in [0.4, 0.5) is 0 Å². The van der Waals surface area contributed by atoms with Crippen molar-refractivity contribution in [2.45, 2.75) is 6.42 Å². The highest BCUT2D eigenvalue weighted by molar-refractivity contribution is 6.42. The second-order valence-electron chi connectivity index (χ2n) is 4.28. The lowest BCUT2D eigenvalue weighted by molar-refractivity contribution is -0.132. The second-order valence-corrected chi connectivity index (χ2v) is 5.07. The number of ether oxygens (including phenoxy) is 1. The number of halogens is 3. The largest absolute Gasteiger partial charge is 0.491 e. The van der Waals surface area contributed by atoms with E-state index in [-0.39, 0.29) is 18.3 Å². The van der Waals surface area contributed by atoms with Gasteiger partial charge in [-0.2, -0.15) is 0 Å². The minimum absolute atomic E-state index is 0. The minimum Gasteiger partial charge on any atom is -0.491 e. The van der Waals surface area contributed by atoms with Crippen LogP contribution in [-0.4, -0.2) is 43.6 Å². The molecule has 0 spiro atoms. The van der Waals surface area contributed by atoms with Gasteiger partial charge in [0.15, 0.2) is 0 Å². The molecule has 1 saturated heterocycles. The van der Waals surface area contributed by atoms with Gasteiger partial charge < -0.3 is 15.0 Å². The molecule has 1 aromatic carbocycles. The van der Waals surface area contributed by atoms with Crippen LogP contribution in [0.5, 0.6) is 5.75 Å². The quantitative estimate of drug-likeness (QED) is 0.917. The fourth-order valence-electron chi connectivity index (χ4n) is 1.92. The molecule has 112 valence electrons. The molecule has 0 saturated carbocycles. The molecule has 4 nitrogen and oxygen atoms in total. The zero-order valence-electron chi connectivity index (χ0n) is 10.9. The van der Waals surface area contributed by atoms with Crippen LogP contribution in [0.15, 0.2) is 18.2 Å². The fraction of sp³-hybridized carbons (Fsp3) is 0.462. The maximum atomic E-state index is 11.9. The third kappa shape index (κ3) is 4.70. The summed E-state index contributed by atoms with van der Waals surface area (Å²) >= 11 is 11.9. The molecule has 0 atom stereocenters. The van der Waals surface area contributed by atoms with Gasteiger partial charge in [-0.3, -0.25) is 4.79 Å². The smallest absolute Gasteiger partial charge is 0.226 e. The lowest BCUT2D eigenvalue weighted by atomic mass is 10.3. The lowest BCUT2D eigenvalue weighted by Crippen LogP contribution is -2.46. The molecule has 0 aliphatic carbocycles. The number of piperazine rings is 1. The number of hydrogen-bond donors (Lipinski definition) is 1. The average molecular weight is 340 g/mol. The van der Waals surface area contributed by atoms with Crippen LogP contribution in [0, 0.1) is 0 Å². The molecular formula is C13H17Cl3N2O2. The second kappa shape index (κ2) is 8.57. The normalized spacial score (nSPS) is 14.6. The number of hydrogen-bond acceptors (Lipinski definition) is 3. The van der Waals surface area contributed by atoms with Crippen molar-refractivity contribution < 1.29 is 9.53 Å². The van der Waals surface area contributed by atoms with E-state index < -0.39 is 0 Å². The summed E-state index contributed by atoms with van der Waals surface area (Å²) in [5, 5.41) is 4.05. The first kappa shape index (κ1) is 17.4. The van der Waals surface area contributed by atoms with Crippen LogP contribution in [-0.2, 0) is 4.79 Å². The molecule has 0 aromatic heterocycles. The van der Waals surface area contributed by atoms with E-state index in [1.165, 1.54) is 0 Å². The number of rotatable bonds is 4. The first-order valence-electron chi connectivity index (χ1n) is 6.24. The number of nitrogens with zero attached hydrogens (tertiary/aromatic N) is 1. The van der Waals surface area contributed by atoms with Crippen molar-refractivity contribution >= 4 is 41.5 Å². The molecule has 2 rings (SSSR count). The lowest BCUT2D eigenvalue weighted by Gasteiger charge is -2.27. The summed E-state index contributed by atoms with van der Waals surface area (Å²) in [5.74, 6) is 0.627. The summed E-state index contributed by atoms with van der Waals surface area (Å²) in [7, 11) is 0. The van der Waals surface area contributed by atoms with Gasteiger partial charge in [0, 0.05) is 26.2 Å². The maximum Gasteiger partial charge on any atom is 0.226 e. The third-order valence-electron chi connectivity index (χ3n) is 2.96. The van der Waals surface area contributed by atoms with Crippen LogP contribution in [0.3, 0.4) is 0 Å². The Morgan fingerprint density at radius 3 is 2.70 bits per heavy atom. The molecule has 1 fully saturated rings. The predicted molar refractivity (Wildman–Crippen MR) is 83.3 cm³/mol. The van der Waals surface area contributed by atoms with Crippen LogP contribution in [0.2, 0.25) is 10.0 Å². The molecule has 1 heterocycles. The summed E-state index contributed by atoms with van der Waals surface area (Å²) in [5.41, 5.74) is 0. The molecule has 20 heavy (non-hydrogen) atoms. The molecule has 0 bridgehead atoms. The van der Waals surface area contributed by atoms with Gasteiger partial charge in [-0.15, -0.1) is 12.4 Å². The topological polar surface area (TPSA) is 41.6 Å². The standard InChI is InChI=1S/C13H16Cl2N2O2.ClH/c14-10-2-1-3-11(13(10)15)19-9-4-12(18)17-7-5-16-6-8-17;/h1-3,16H,4-9H2;1H. The van der Waals surface area contributed by atoms with Crippen molar-refractivity contribution in [2.24, 2.45) is 0 Å². The Balaban J connectivity index is 0.00000200. The molecular weight excluding hydrogens is 323 g/mol. The Hall–Kier alpha value is -0.680.